The summed E-state index contributed by atoms with van der Waals surface area (Å²) in [7, 11) is -3.57. The van der Waals surface area contributed by atoms with Crippen LogP contribution in [0.2, 0.25) is 0 Å². The molecule has 0 radical (unpaired) electrons. The molecule has 7 heteroatoms. The van der Waals surface area contributed by atoms with Crippen molar-refractivity contribution in [2.75, 3.05) is 6.54 Å². The van der Waals surface area contributed by atoms with Crippen molar-refractivity contribution >= 4 is 33.2 Å². The topological polar surface area (TPSA) is 71.1 Å². The predicted molar refractivity (Wildman–Crippen MR) is 116 cm³/mol. The normalized spacial score (nSPS) is 13.6. The highest BCUT2D eigenvalue weighted by molar-refractivity contribution is 7.89. The summed E-state index contributed by atoms with van der Waals surface area (Å²) in [5.41, 5.74) is 1.26. The number of halogens is 1. The molecule has 3 aromatic rings. The number of rotatable bonds is 8. The number of nitrogens with one attached hydrogen (secondary N) is 2. The predicted octanol–water partition coefficient (Wildman–Crippen LogP) is 3.54. The van der Waals surface area contributed by atoms with Crippen molar-refractivity contribution in [3.8, 4) is 0 Å². The second kappa shape index (κ2) is 9.98. The molecule has 2 unspecified atom stereocenters. The SMILES string of the molecule is CC(Cc1ccccc1)NCC(C)NS(=O)(=O)c1ccc2cnccc2c1.Cl. The van der Waals surface area contributed by atoms with Crippen LogP contribution >= 0.6 is 12.4 Å². The summed E-state index contributed by atoms with van der Waals surface area (Å²) >= 11 is 0. The first-order valence-corrected chi connectivity index (χ1v) is 10.6. The van der Waals surface area contributed by atoms with Crippen LogP contribution in [0.1, 0.15) is 19.4 Å². The minimum Gasteiger partial charge on any atom is -0.312 e. The van der Waals surface area contributed by atoms with Gasteiger partial charge in [-0.25, -0.2) is 13.1 Å². The number of nitrogens with zero attached hydrogens (tertiary/aromatic N) is 1. The van der Waals surface area contributed by atoms with Crippen LogP contribution in [0.4, 0.5) is 0 Å². The third-order valence-corrected chi connectivity index (χ3v) is 6.02. The van der Waals surface area contributed by atoms with E-state index < -0.39 is 10.0 Å². The lowest BCUT2D eigenvalue weighted by atomic mass is 10.1. The fourth-order valence-electron chi connectivity index (χ4n) is 3.02. The maximum Gasteiger partial charge on any atom is 0.240 e. The molecule has 1 aromatic heterocycles. The Balaban J connectivity index is 0.00000280. The second-order valence-corrected chi connectivity index (χ2v) is 8.62. The van der Waals surface area contributed by atoms with Crippen molar-refractivity contribution < 1.29 is 8.42 Å². The van der Waals surface area contributed by atoms with Crippen LogP contribution in [0.5, 0.6) is 0 Å². The molecule has 5 nitrogen and oxygen atoms in total. The first kappa shape index (κ1) is 22.3. The summed E-state index contributed by atoms with van der Waals surface area (Å²) in [6, 6.07) is 17.2. The van der Waals surface area contributed by atoms with Crippen LogP contribution in [0, 0.1) is 0 Å². The smallest absolute Gasteiger partial charge is 0.240 e. The van der Waals surface area contributed by atoms with Gasteiger partial charge < -0.3 is 5.32 Å². The zero-order chi connectivity index (χ0) is 19.3. The lowest BCUT2D eigenvalue weighted by Gasteiger charge is -2.19. The molecule has 0 spiro atoms. The van der Waals surface area contributed by atoms with E-state index >= 15 is 0 Å². The summed E-state index contributed by atoms with van der Waals surface area (Å²) in [6.45, 7) is 4.53. The summed E-state index contributed by atoms with van der Waals surface area (Å²) < 4.78 is 28.1. The molecular weight excluding hydrogens is 394 g/mol. The summed E-state index contributed by atoms with van der Waals surface area (Å²) in [5, 5.41) is 5.17. The van der Waals surface area contributed by atoms with Crippen molar-refractivity contribution in [2.24, 2.45) is 0 Å². The fourth-order valence-corrected chi connectivity index (χ4v) is 4.30. The highest BCUT2D eigenvalue weighted by Gasteiger charge is 2.18. The molecule has 2 N–H and O–H groups in total. The monoisotopic (exact) mass is 419 g/mol. The van der Waals surface area contributed by atoms with Crippen LogP contribution in [0.15, 0.2) is 71.9 Å². The zero-order valence-electron chi connectivity index (χ0n) is 16.0. The van der Waals surface area contributed by atoms with E-state index in [9.17, 15) is 8.42 Å². The Morgan fingerprint density at radius 1 is 0.964 bits per heavy atom. The lowest BCUT2D eigenvalue weighted by Crippen LogP contribution is -2.42. The average Bonchev–Trinajstić information content (AvgIpc) is 2.66. The Morgan fingerprint density at radius 2 is 1.71 bits per heavy atom. The van der Waals surface area contributed by atoms with Crippen molar-refractivity contribution in [2.45, 2.75) is 37.2 Å². The van der Waals surface area contributed by atoms with Gasteiger partial charge in [0, 0.05) is 36.4 Å². The van der Waals surface area contributed by atoms with Crippen molar-refractivity contribution in [1.82, 2.24) is 15.0 Å². The number of hydrogen-bond donors (Lipinski definition) is 2. The maximum atomic E-state index is 12.7. The number of fused-ring (bicyclic) bond motifs is 1. The molecule has 28 heavy (non-hydrogen) atoms. The quantitative estimate of drug-likeness (QED) is 0.585. The summed E-state index contributed by atoms with van der Waals surface area (Å²) in [5.74, 6) is 0. The number of pyridine rings is 1. The van der Waals surface area contributed by atoms with E-state index in [1.54, 1.807) is 30.6 Å². The molecule has 0 fully saturated rings. The van der Waals surface area contributed by atoms with Gasteiger partial charge in [0.1, 0.15) is 0 Å². The van der Waals surface area contributed by atoms with E-state index in [-0.39, 0.29) is 29.4 Å². The molecule has 3 rings (SSSR count). The van der Waals surface area contributed by atoms with Gasteiger partial charge in [0.05, 0.1) is 4.90 Å². The second-order valence-electron chi connectivity index (χ2n) is 6.91. The van der Waals surface area contributed by atoms with Crippen LogP contribution in [0.3, 0.4) is 0 Å². The number of hydrogen-bond acceptors (Lipinski definition) is 4. The molecule has 0 aliphatic carbocycles. The van der Waals surface area contributed by atoms with Crippen molar-refractivity contribution in [1.29, 1.82) is 0 Å². The molecule has 0 saturated heterocycles. The fraction of sp³-hybridized carbons (Fsp3) is 0.286. The van der Waals surface area contributed by atoms with Gasteiger partial charge >= 0.3 is 0 Å². The molecule has 0 aliphatic rings. The zero-order valence-corrected chi connectivity index (χ0v) is 17.6. The van der Waals surface area contributed by atoms with Crippen molar-refractivity contribution in [3.63, 3.8) is 0 Å². The number of sulfonamides is 1. The van der Waals surface area contributed by atoms with Crippen molar-refractivity contribution in [3.05, 3.63) is 72.6 Å². The molecule has 2 atom stereocenters. The van der Waals surface area contributed by atoms with Crippen LogP contribution in [-0.4, -0.2) is 32.0 Å². The largest absolute Gasteiger partial charge is 0.312 e. The molecule has 150 valence electrons. The number of aromatic nitrogens is 1. The van der Waals surface area contributed by atoms with E-state index in [0.29, 0.717) is 6.54 Å². The first-order valence-electron chi connectivity index (χ1n) is 9.07. The van der Waals surface area contributed by atoms with E-state index in [1.807, 2.05) is 31.2 Å². The molecule has 2 aromatic carbocycles. The van der Waals surface area contributed by atoms with Gasteiger partial charge in [0.15, 0.2) is 0 Å². The summed E-state index contributed by atoms with van der Waals surface area (Å²) in [4.78, 5) is 4.32. The average molecular weight is 420 g/mol. The van der Waals surface area contributed by atoms with Gasteiger partial charge in [0.2, 0.25) is 10.0 Å². The molecule has 0 saturated carbocycles. The molecule has 1 heterocycles. The van der Waals surface area contributed by atoms with Crippen LogP contribution < -0.4 is 10.0 Å². The van der Waals surface area contributed by atoms with Gasteiger partial charge in [-0.1, -0.05) is 36.4 Å². The molecular formula is C21H26ClN3O2S. The number of benzene rings is 2. The van der Waals surface area contributed by atoms with Gasteiger partial charge in [-0.3, -0.25) is 4.98 Å². The van der Waals surface area contributed by atoms with E-state index in [0.717, 1.165) is 17.2 Å². The minimum absolute atomic E-state index is 0. The van der Waals surface area contributed by atoms with Crippen LogP contribution in [-0.2, 0) is 16.4 Å². The molecule has 0 aliphatic heterocycles. The van der Waals surface area contributed by atoms with Gasteiger partial charge in [-0.15, -0.1) is 12.4 Å². The minimum atomic E-state index is -3.57. The standard InChI is InChI=1S/C21H25N3O2S.ClH/c1-16(12-18-6-4-3-5-7-18)23-14-17(2)24-27(25,26)21-9-8-20-15-22-11-10-19(20)13-21;/h3-11,13,15-17,23-24H,12,14H2,1-2H3;1H. The Kier molecular flexibility index (Phi) is 7.95. The van der Waals surface area contributed by atoms with Gasteiger partial charge in [-0.2, -0.15) is 0 Å². The highest BCUT2D eigenvalue weighted by Crippen LogP contribution is 2.18. The van der Waals surface area contributed by atoms with Gasteiger partial charge in [-0.05, 0) is 49.4 Å². The van der Waals surface area contributed by atoms with E-state index in [1.165, 1.54) is 5.56 Å². The Bertz CT molecular complexity index is 997. The summed E-state index contributed by atoms with van der Waals surface area (Å²) in [6.07, 6.45) is 4.28. The Morgan fingerprint density at radius 3 is 2.46 bits per heavy atom. The van der Waals surface area contributed by atoms with Gasteiger partial charge in [0.25, 0.3) is 0 Å². The molecule has 0 bridgehead atoms. The Labute approximate surface area is 173 Å². The highest BCUT2D eigenvalue weighted by atomic mass is 35.5. The van der Waals surface area contributed by atoms with E-state index in [2.05, 4.69) is 34.1 Å². The third-order valence-electron chi connectivity index (χ3n) is 4.44. The third kappa shape index (κ3) is 6.01. The lowest BCUT2D eigenvalue weighted by molar-refractivity contribution is 0.489. The van der Waals surface area contributed by atoms with E-state index in [4.69, 9.17) is 0 Å². The molecule has 0 amide bonds. The Hall–Kier alpha value is -1.99. The first-order chi connectivity index (χ1) is 12.9. The van der Waals surface area contributed by atoms with Crippen LogP contribution in [0.25, 0.3) is 10.8 Å². The maximum absolute atomic E-state index is 12.7.